The summed E-state index contributed by atoms with van der Waals surface area (Å²) in [6, 6.07) is 28.4. The molecule has 1 fully saturated rings. The highest BCUT2D eigenvalue weighted by Gasteiger charge is 2.41. The monoisotopic (exact) mass is 468 g/mol. The molecule has 1 heterocycles. The van der Waals surface area contributed by atoms with Crippen LogP contribution in [-0.4, -0.2) is 36.0 Å². The van der Waals surface area contributed by atoms with Crippen LogP contribution in [0.2, 0.25) is 0 Å². The summed E-state index contributed by atoms with van der Waals surface area (Å²) in [5.41, 5.74) is 4.01. The van der Waals surface area contributed by atoms with Gasteiger partial charge in [-0.1, -0.05) is 84.9 Å². The van der Waals surface area contributed by atoms with E-state index in [2.05, 4.69) is 29.6 Å². The Hall–Kier alpha value is -3.60. The van der Waals surface area contributed by atoms with E-state index in [1.165, 1.54) is 16.7 Å². The fourth-order valence-electron chi connectivity index (χ4n) is 5.40. The number of ether oxygens (including phenoxy) is 1. The Morgan fingerprint density at radius 1 is 0.829 bits per heavy atom. The van der Waals surface area contributed by atoms with Gasteiger partial charge in [0.25, 0.3) is 0 Å². The number of carbonyl (C=O) groups excluding carboxylic acids is 2. The molecule has 5 heteroatoms. The molecule has 5 rings (SSSR count). The van der Waals surface area contributed by atoms with E-state index in [4.69, 9.17) is 4.74 Å². The van der Waals surface area contributed by atoms with Crippen LogP contribution in [0, 0.1) is 0 Å². The maximum atomic E-state index is 13.1. The number of alkyl carbamates (subject to hydrolysis) is 1. The largest absolute Gasteiger partial charge is 0.438 e. The molecule has 180 valence electrons. The molecule has 0 spiro atoms. The molecule has 0 radical (unpaired) electrons. The second kappa shape index (κ2) is 10.3. The van der Waals surface area contributed by atoms with Crippen molar-refractivity contribution in [1.82, 2.24) is 10.2 Å². The highest BCUT2D eigenvalue weighted by atomic mass is 16.6. The van der Waals surface area contributed by atoms with Crippen LogP contribution in [0.15, 0.2) is 84.9 Å². The molecule has 0 atom stereocenters. The molecule has 5 nitrogen and oxygen atoms in total. The van der Waals surface area contributed by atoms with Gasteiger partial charge in [-0.3, -0.25) is 4.79 Å². The maximum Gasteiger partial charge on any atom is 0.408 e. The summed E-state index contributed by atoms with van der Waals surface area (Å²) in [5, 5.41) is 3.10. The first-order chi connectivity index (χ1) is 17.1. The number of piperidine rings is 1. The smallest absolute Gasteiger partial charge is 0.408 e. The van der Waals surface area contributed by atoms with Gasteiger partial charge in [0, 0.05) is 38.4 Å². The predicted molar refractivity (Wildman–Crippen MR) is 136 cm³/mol. The van der Waals surface area contributed by atoms with E-state index in [9.17, 15) is 9.59 Å². The van der Waals surface area contributed by atoms with Crippen LogP contribution in [0.4, 0.5) is 4.79 Å². The highest BCUT2D eigenvalue weighted by Crippen LogP contribution is 2.37. The molecule has 1 aliphatic carbocycles. The lowest BCUT2D eigenvalue weighted by Gasteiger charge is -2.41. The topological polar surface area (TPSA) is 58.6 Å². The Morgan fingerprint density at radius 2 is 1.40 bits per heavy atom. The lowest BCUT2D eigenvalue weighted by Crippen LogP contribution is -2.49. The van der Waals surface area contributed by atoms with E-state index >= 15 is 0 Å². The number of hydrogen-bond donors (Lipinski definition) is 1. The van der Waals surface area contributed by atoms with Crippen LogP contribution >= 0.6 is 0 Å². The molecule has 1 aliphatic heterocycles. The molecule has 1 saturated heterocycles. The molecule has 1 N–H and O–H groups in total. The third kappa shape index (κ3) is 5.40. The number of likely N-dealkylation sites (tertiary alicyclic amines) is 1. The molecule has 2 amide bonds. The number of rotatable bonds is 6. The third-order valence-electron chi connectivity index (χ3n) is 7.36. The van der Waals surface area contributed by atoms with Gasteiger partial charge >= 0.3 is 6.09 Å². The van der Waals surface area contributed by atoms with Crippen molar-refractivity contribution in [2.45, 2.75) is 50.2 Å². The van der Waals surface area contributed by atoms with Crippen LogP contribution in [-0.2, 0) is 34.4 Å². The van der Waals surface area contributed by atoms with Crippen molar-refractivity contribution < 1.29 is 14.3 Å². The Kier molecular flexibility index (Phi) is 6.84. The summed E-state index contributed by atoms with van der Waals surface area (Å²) in [4.78, 5) is 27.9. The molecule has 3 aromatic rings. The van der Waals surface area contributed by atoms with Gasteiger partial charge in [0.15, 0.2) is 0 Å². The van der Waals surface area contributed by atoms with Crippen molar-refractivity contribution in [2.75, 3.05) is 13.1 Å². The summed E-state index contributed by atoms with van der Waals surface area (Å²) < 4.78 is 6.20. The van der Waals surface area contributed by atoms with Gasteiger partial charge in [0.05, 0.1) is 0 Å². The van der Waals surface area contributed by atoms with Crippen LogP contribution in [0.5, 0.6) is 0 Å². The zero-order valence-electron chi connectivity index (χ0n) is 20.0. The molecule has 0 saturated carbocycles. The summed E-state index contributed by atoms with van der Waals surface area (Å²) in [7, 11) is 0. The Labute approximate surface area is 207 Å². The molecule has 0 aromatic heterocycles. The van der Waals surface area contributed by atoms with Crippen molar-refractivity contribution >= 4 is 12.0 Å². The van der Waals surface area contributed by atoms with E-state index in [1.54, 1.807) is 0 Å². The lowest BCUT2D eigenvalue weighted by molar-refractivity contribution is -0.135. The van der Waals surface area contributed by atoms with E-state index in [-0.39, 0.29) is 18.0 Å². The van der Waals surface area contributed by atoms with Crippen LogP contribution in [0.1, 0.15) is 41.5 Å². The number of nitrogens with one attached hydrogen (secondary N) is 1. The van der Waals surface area contributed by atoms with Crippen molar-refractivity contribution in [3.05, 3.63) is 107 Å². The fraction of sp³-hybridized carbons (Fsp3) is 0.333. The van der Waals surface area contributed by atoms with Crippen molar-refractivity contribution in [2.24, 2.45) is 0 Å². The second-order valence-electron chi connectivity index (χ2n) is 9.63. The highest BCUT2D eigenvalue weighted by molar-refractivity contribution is 5.76. The van der Waals surface area contributed by atoms with Crippen molar-refractivity contribution in [3.63, 3.8) is 0 Å². The van der Waals surface area contributed by atoms with Gasteiger partial charge in [-0.25, -0.2) is 4.79 Å². The van der Waals surface area contributed by atoms with Crippen molar-refractivity contribution in [1.29, 1.82) is 0 Å². The Morgan fingerprint density at radius 3 is 2.03 bits per heavy atom. The summed E-state index contributed by atoms with van der Waals surface area (Å²) in [6.07, 6.45) is 3.68. The quantitative estimate of drug-likeness (QED) is 0.552. The Bertz CT molecular complexity index is 1130. The van der Waals surface area contributed by atoms with E-state index < -0.39 is 5.60 Å². The van der Waals surface area contributed by atoms with E-state index in [0.29, 0.717) is 32.4 Å². The lowest BCUT2D eigenvalue weighted by atomic mass is 9.84. The molecule has 3 aromatic carbocycles. The minimum absolute atomic E-state index is 0.0485. The van der Waals surface area contributed by atoms with Gasteiger partial charge in [0.1, 0.15) is 5.60 Å². The first-order valence-electron chi connectivity index (χ1n) is 12.5. The predicted octanol–water partition coefficient (Wildman–Crippen LogP) is 5.03. The minimum atomic E-state index is -0.729. The number of carbonyl (C=O) groups is 2. The van der Waals surface area contributed by atoms with Gasteiger partial charge < -0.3 is 15.0 Å². The van der Waals surface area contributed by atoms with Gasteiger partial charge in [0.2, 0.25) is 5.91 Å². The van der Waals surface area contributed by atoms with E-state index in [0.717, 1.165) is 24.8 Å². The molecule has 0 unspecified atom stereocenters. The summed E-state index contributed by atoms with van der Waals surface area (Å²) in [6.45, 7) is 1.15. The van der Waals surface area contributed by atoms with Crippen LogP contribution in [0.25, 0.3) is 0 Å². The fourth-order valence-corrected chi connectivity index (χ4v) is 5.40. The zero-order chi connectivity index (χ0) is 24.1. The molecule has 0 bridgehead atoms. The number of aryl methyl sites for hydroxylation is 1. The zero-order valence-corrected chi connectivity index (χ0v) is 20.0. The average Bonchev–Trinajstić information content (AvgIpc) is 3.31. The maximum absolute atomic E-state index is 13.1. The molecular formula is C30H32N2O3. The number of hydrogen-bond acceptors (Lipinski definition) is 3. The number of benzene rings is 3. The molecular weight excluding hydrogens is 436 g/mol. The summed E-state index contributed by atoms with van der Waals surface area (Å²) >= 11 is 0. The average molecular weight is 469 g/mol. The summed E-state index contributed by atoms with van der Waals surface area (Å²) in [5.74, 6) is 0.156. The van der Waals surface area contributed by atoms with Crippen LogP contribution < -0.4 is 5.32 Å². The SMILES string of the molecule is O=C(NC1Cc2ccccc2C1)OC1(c2ccccc2)CCN(C(=O)CCc2ccccc2)CC1. The van der Waals surface area contributed by atoms with Crippen LogP contribution in [0.3, 0.4) is 0 Å². The van der Waals surface area contributed by atoms with Gasteiger partial charge in [-0.05, 0) is 41.5 Å². The second-order valence-corrected chi connectivity index (χ2v) is 9.63. The third-order valence-corrected chi connectivity index (χ3v) is 7.36. The minimum Gasteiger partial charge on any atom is -0.438 e. The first kappa shape index (κ1) is 23.2. The Balaban J connectivity index is 1.21. The number of fused-ring (bicyclic) bond motifs is 1. The number of nitrogens with zero attached hydrogens (tertiary/aromatic N) is 1. The van der Waals surface area contributed by atoms with Gasteiger partial charge in [-0.15, -0.1) is 0 Å². The van der Waals surface area contributed by atoms with Gasteiger partial charge in [-0.2, -0.15) is 0 Å². The normalized spacial score (nSPS) is 17.0. The number of amides is 2. The molecule has 2 aliphatic rings. The standard InChI is InChI=1S/C30H32N2O3/c33-28(16-15-23-9-3-1-4-10-23)32-19-17-30(18-20-32,26-13-5-2-6-14-26)35-29(34)31-27-21-24-11-7-8-12-25(24)22-27/h1-14,27H,15-22H2,(H,31,34). The van der Waals surface area contributed by atoms with E-state index in [1.807, 2.05) is 65.6 Å². The molecule has 35 heavy (non-hydrogen) atoms. The first-order valence-corrected chi connectivity index (χ1v) is 12.5. The van der Waals surface area contributed by atoms with Crippen molar-refractivity contribution in [3.8, 4) is 0 Å².